The first-order chi connectivity index (χ1) is 8.88. The molecule has 0 aliphatic heterocycles. The highest BCUT2D eigenvalue weighted by Gasteiger charge is 2.29. The summed E-state index contributed by atoms with van der Waals surface area (Å²) < 4.78 is 0. The Morgan fingerprint density at radius 1 is 1.37 bits per heavy atom. The van der Waals surface area contributed by atoms with Crippen LogP contribution in [0.15, 0.2) is 0 Å². The number of aromatic nitrogens is 1. The van der Waals surface area contributed by atoms with Crippen molar-refractivity contribution in [1.82, 2.24) is 4.98 Å². The number of hydrogen-bond donors (Lipinski definition) is 1. The highest BCUT2D eigenvalue weighted by atomic mass is 32.1. The second-order valence-electron chi connectivity index (χ2n) is 6.53. The van der Waals surface area contributed by atoms with Crippen LogP contribution in [0.1, 0.15) is 57.5 Å². The summed E-state index contributed by atoms with van der Waals surface area (Å²) in [4.78, 5) is 18.3. The van der Waals surface area contributed by atoms with E-state index in [0.717, 1.165) is 24.4 Å². The largest absolute Gasteiger partial charge is 0.301 e. The fourth-order valence-electron chi connectivity index (χ4n) is 2.79. The first kappa shape index (κ1) is 14.5. The van der Waals surface area contributed by atoms with Gasteiger partial charge in [0.15, 0.2) is 5.13 Å². The zero-order valence-corrected chi connectivity index (χ0v) is 13.2. The molecule has 1 heterocycles. The minimum atomic E-state index is -0.333. The van der Waals surface area contributed by atoms with E-state index < -0.39 is 0 Å². The van der Waals surface area contributed by atoms with E-state index in [4.69, 9.17) is 0 Å². The Morgan fingerprint density at radius 3 is 2.68 bits per heavy atom. The van der Waals surface area contributed by atoms with Crippen LogP contribution < -0.4 is 5.32 Å². The maximum atomic E-state index is 12.3. The fraction of sp³-hybridized carbons (Fsp3) is 0.733. The minimum Gasteiger partial charge on any atom is -0.301 e. The van der Waals surface area contributed by atoms with E-state index in [1.54, 1.807) is 11.3 Å². The molecule has 0 saturated heterocycles. The molecular weight excluding hydrogens is 256 g/mol. The average molecular weight is 280 g/mol. The maximum absolute atomic E-state index is 12.3. The smallest absolute Gasteiger partial charge is 0.231 e. The molecule has 2 rings (SSSR count). The van der Waals surface area contributed by atoms with Gasteiger partial charge in [-0.3, -0.25) is 4.79 Å². The molecule has 0 atom stereocenters. The van der Waals surface area contributed by atoms with Crippen molar-refractivity contribution in [3.8, 4) is 0 Å². The Hall–Kier alpha value is -0.900. The van der Waals surface area contributed by atoms with Crippen molar-refractivity contribution in [3.63, 3.8) is 0 Å². The summed E-state index contributed by atoms with van der Waals surface area (Å²) >= 11 is 1.66. The van der Waals surface area contributed by atoms with Crippen molar-refractivity contribution < 1.29 is 4.79 Å². The Morgan fingerprint density at radius 2 is 2.05 bits per heavy atom. The Labute approximate surface area is 119 Å². The number of hydrogen-bond acceptors (Lipinski definition) is 3. The van der Waals surface area contributed by atoms with Crippen LogP contribution >= 0.6 is 11.3 Å². The molecule has 0 unspecified atom stereocenters. The first-order valence-electron chi connectivity index (χ1n) is 7.18. The normalized spacial score (nSPS) is 15.4. The van der Waals surface area contributed by atoms with Gasteiger partial charge in [0.25, 0.3) is 0 Å². The molecule has 1 aliphatic carbocycles. The first-order valence-corrected chi connectivity index (χ1v) is 8.00. The molecule has 1 amide bonds. The van der Waals surface area contributed by atoms with Crippen LogP contribution in [0.3, 0.4) is 0 Å². The van der Waals surface area contributed by atoms with E-state index in [1.807, 2.05) is 13.8 Å². The van der Waals surface area contributed by atoms with Gasteiger partial charge in [-0.2, -0.15) is 0 Å². The molecule has 106 valence electrons. The molecule has 4 heteroatoms. The molecule has 0 bridgehead atoms. The number of nitrogens with one attached hydrogen (secondary N) is 1. The molecule has 3 nitrogen and oxygen atoms in total. The van der Waals surface area contributed by atoms with Crippen LogP contribution in [-0.4, -0.2) is 10.9 Å². The molecule has 0 radical (unpaired) electrons. The van der Waals surface area contributed by atoms with Crippen LogP contribution in [0.25, 0.3) is 0 Å². The monoisotopic (exact) mass is 280 g/mol. The summed E-state index contributed by atoms with van der Waals surface area (Å²) in [5.74, 6) is 0.609. The van der Waals surface area contributed by atoms with E-state index in [0.29, 0.717) is 5.92 Å². The number of fused-ring (bicyclic) bond motifs is 1. The predicted octanol–water partition coefficient (Wildman–Crippen LogP) is 4.03. The third kappa shape index (κ3) is 3.56. The molecule has 1 aromatic heterocycles. The lowest BCUT2D eigenvalue weighted by molar-refractivity contribution is -0.124. The standard InChI is InChI=1S/C15H24N2OS/c1-10(2)9-15(3,4)13(18)17-14-16-11-7-5-6-8-12(11)19-14/h10H,5-9H2,1-4H3,(H,16,17,18). The van der Waals surface area contributed by atoms with Crippen LogP contribution in [0.5, 0.6) is 0 Å². The SMILES string of the molecule is CC(C)CC(C)(C)C(=O)Nc1nc2c(s1)CCCC2. The predicted molar refractivity (Wildman–Crippen MR) is 80.6 cm³/mol. The zero-order valence-electron chi connectivity index (χ0n) is 12.4. The topological polar surface area (TPSA) is 42.0 Å². The van der Waals surface area contributed by atoms with Gasteiger partial charge < -0.3 is 5.32 Å². The van der Waals surface area contributed by atoms with E-state index in [1.165, 1.54) is 23.4 Å². The number of aryl methyl sites for hydroxylation is 2. The lowest BCUT2D eigenvalue weighted by Gasteiger charge is -2.24. The number of nitrogens with zero attached hydrogens (tertiary/aromatic N) is 1. The Kier molecular flexibility index (Phi) is 4.29. The molecule has 1 N–H and O–H groups in total. The zero-order chi connectivity index (χ0) is 14.0. The highest BCUT2D eigenvalue weighted by molar-refractivity contribution is 7.15. The van der Waals surface area contributed by atoms with Crippen LogP contribution in [0, 0.1) is 11.3 Å². The number of thiazole rings is 1. The van der Waals surface area contributed by atoms with E-state index in [9.17, 15) is 4.79 Å². The summed E-state index contributed by atoms with van der Waals surface area (Å²) in [7, 11) is 0. The van der Waals surface area contributed by atoms with Gasteiger partial charge in [0.05, 0.1) is 5.69 Å². The van der Waals surface area contributed by atoms with Gasteiger partial charge in [-0.1, -0.05) is 27.7 Å². The van der Waals surface area contributed by atoms with Crippen molar-refractivity contribution in [2.24, 2.45) is 11.3 Å². The van der Waals surface area contributed by atoms with Gasteiger partial charge >= 0.3 is 0 Å². The molecule has 0 aromatic carbocycles. The molecule has 0 fully saturated rings. The van der Waals surface area contributed by atoms with Gasteiger partial charge in [0.1, 0.15) is 0 Å². The quantitative estimate of drug-likeness (QED) is 0.904. The summed E-state index contributed by atoms with van der Waals surface area (Å²) in [6.45, 7) is 8.32. The van der Waals surface area contributed by atoms with E-state index >= 15 is 0 Å². The number of amides is 1. The molecule has 19 heavy (non-hydrogen) atoms. The van der Waals surface area contributed by atoms with Crippen molar-refractivity contribution in [2.75, 3.05) is 5.32 Å². The van der Waals surface area contributed by atoms with Gasteiger partial charge in [-0.15, -0.1) is 11.3 Å². The third-order valence-corrected chi connectivity index (χ3v) is 4.67. The Balaban J connectivity index is 2.04. The van der Waals surface area contributed by atoms with Gasteiger partial charge in [0.2, 0.25) is 5.91 Å². The summed E-state index contributed by atoms with van der Waals surface area (Å²) in [5, 5.41) is 3.80. The molecule has 0 spiro atoms. The second kappa shape index (κ2) is 5.61. The lowest BCUT2D eigenvalue weighted by Crippen LogP contribution is -2.32. The van der Waals surface area contributed by atoms with Crippen LogP contribution in [0.2, 0.25) is 0 Å². The van der Waals surface area contributed by atoms with Crippen molar-refractivity contribution in [1.29, 1.82) is 0 Å². The van der Waals surface area contributed by atoms with Crippen LogP contribution in [0.4, 0.5) is 5.13 Å². The molecule has 1 aliphatic rings. The average Bonchev–Trinajstić information content (AvgIpc) is 2.69. The molecule has 1 aromatic rings. The summed E-state index contributed by atoms with van der Waals surface area (Å²) in [6.07, 6.45) is 5.56. The number of carbonyl (C=O) groups excluding carboxylic acids is 1. The number of anilines is 1. The van der Waals surface area contributed by atoms with Crippen molar-refractivity contribution in [3.05, 3.63) is 10.6 Å². The second-order valence-corrected chi connectivity index (χ2v) is 7.62. The van der Waals surface area contributed by atoms with Gasteiger partial charge in [-0.05, 0) is 38.0 Å². The maximum Gasteiger partial charge on any atom is 0.231 e. The fourth-order valence-corrected chi connectivity index (χ4v) is 3.83. The molecule has 0 saturated carbocycles. The number of carbonyl (C=O) groups is 1. The highest BCUT2D eigenvalue weighted by Crippen LogP contribution is 2.32. The van der Waals surface area contributed by atoms with Gasteiger partial charge in [0, 0.05) is 10.3 Å². The van der Waals surface area contributed by atoms with Crippen molar-refractivity contribution >= 4 is 22.4 Å². The lowest BCUT2D eigenvalue weighted by atomic mass is 9.83. The van der Waals surface area contributed by atoms with Gasteiger partial charge in [-0.25, -0.2) is 4.98 Å². The van der Waals surface area contributed by atoms with E-state index in [-0.39, 0.29) is 11.3 Å². The van der Waals surface area contributed by atoms with Crippen LogP contribution in [-0.2, 0) is 17.6 Å². The van der Waals surface area contributed by atoms with E-state index in [2.05, 4.69) is 24.1 Å². The Bertz CT molecular complexity index is 439. The number of rotatable bonds is 4. The minimum absolute atomic E-state index is 0.0901. The summed E-state index contributed by atoms with van der Waals surface area (Å²) in [6, 6.07) is 0. The van der Waals surface area contributed by atoms with Crippen molar-refractivity contribution in [2.45, 2.75) is 59.8 Å². The molecular formula is C15H24N2OS. The third-order valence-electron chi connectivity index (χ3n) is 3.60. The summed E-state index contributed by atoms with van der Waals surface area (Å²) in [5.41, 5.74) is 0.869.